The number of aryl methyl sites for hydroxylation is 1. The molecule has 3 rings (SSSR count). The standard InChI is InChI=1S/C22H21Br2NO/c1-14(11-22(26)25-21-6-4-3-5-15(21)2)7-8-16-12-18(16)17-9-10-19(23)20(24)13-17/h3-11,13,16,18H,12H2,1-2H3,(H,25,26)/b8-7+,14-11+. The van der Waals surface area contributed by atoms with Crippen LogP contribution in [-0.4, -0.2) is 5.91 Å². The number of halogens is 2. The molecule has 0 saturated heterocycles. The van der Waals surface area contributed by atoms with Crippen LogP contribution in [0.3, 0.4) is 0 Å². The predicted molar refractivity (Wildman–Crippen MR) is 115 cm³/mol. The second kappa shape index (κ2) is 8.36. The fourth-order valence-electron chi connectivity index (χ4n) is 2.97. The van der Waals surface area contributed by atoms with E-state index < -0.39 is 0 Å². The van der Waals surface area contributed by atoms with Gasteiger partial charge >= 0.3 is 0 Å². The minimum Gasteiger partial charge on any atom is -0.322 e. The summed E-state index contributed by atoms with van der Waals surface area (Å²) < 4.78 is 2.17. The quantitative estimate of drug-likeness (QED) is 0.376. The summed E-state index contributed by atoms with van der Waals surface area (Å²) in [7, 11) is 0. The first-order chi connectivity index (χ1) is 12.4. The van der Waals surface area contributed by atoms with Crippen LogP contribution < -0.4 is 5.32 Å². The summed E-state index contributed by atoms with van der Waals surface area (Å²) in [5.41, 5.74) is 4.23. The van der Waals surface area contributed by atoms with Crippen molar-refractivity contribution in [1.82, 2.24) is 0 Å². The number of nitrogens with one attached hydrogen (secondary N) is 1. The van der Waals surface area contributed by atoms with Crippen LogP contribution in [0.4, 0.5) is 5.69 Å². The maximum Gasteiger partial charge on any atom is 0.248 e. The number of allylic oxidation sites excluding steroid dienone is 3. The highest BCUT2D eigenvalue weighted by Crippen LogP contribution is 2.49. The van der Waals surface area contributed by atoms with Crippen molar-refractivity contribution in [3.05, 3.63) is 86.3 Å². The zero-order valence-electron chi connectivity index (χ0n) is 14.8. The van der Waals surface area contributed by atoms with Crippen molar-refractivity contribution in [3.8, 4) is 0 Å². The lowest BCUT2D eigenvalue weighted by Gasteiger charge is -2.05. The first kappa shape index (κ1) is 19.1. The van der Waals surface area contributed by atoms with Crippen LogP contribution in [0.15, 0.2) is 75.2 Å². The van der Waals surface area contributed by atoms with E-state index in [9.17, 15) is 4.79 Å². The molecule has 1 aliphatic carbocycles. The first-order valence-corrected chi connectivity index (χ1v) is 10.2. The summed E-state index contributed by atoms with van der Waals surface area (Å²) in [4.78, 5) is 12.2. The lowest BCUT2D eigenvalue weighted by atomic mass is 10.1. The summed E-state index contributed by atoms with van der Waals surface area (Å²) in [6.07, 6.45) is 7.08. The van der Waals surface area contributed by atoms with E-state index in [1.807, 2.05) is 38.1 Å². The van der Waals surface area contributed by atoms with Crippen molar-refractivity contribution in [2.75, 3.05) is 5.32 Å². The Morgan fingerprint density at radius 3 is 2.65 bits per heavy atom. The lowest BCUT2D eigenvalue weighted by Crippen LogP contribution is -2.09. The van der Waals surface area contributed by atoms with Gasteiger partial charge in [0.25, 0.3) is 0 Å². The van der Waals surface area contributed by atoms with Crippen LogP contribution in [0.5, 0.6) is 0 Å². The van der Waals surface area contributed by atoms with Crippen molar-refractivity contribution < 1.29 is 4.79 Å². The van der Waals surface area contributed by atoms with Crippen LogP contribution in [0.25, 0.3) is 0 Å². The van der Waals surface area contributed by atoms with Crippen LogP contribution in [0, 0.1) is 12.8 Å². The Hall–Kier alpha value is -1.65. The molecule has 1 N–H and O–H groups in total. The van der Waals surface area contributed by atoms with Crippen molar-refractivity contribution in [1.29, 1.82) is 0 Å². The maximum absolute atomic E-state index is 12.2. The van der Waals surface area contributed by atoms with E-state index in [4.69, 9.17) is 0 Å². The monoisotopic (exact) mass is 473 g/mol. The van der Waals surface area contributed by atoms with Gasteiger partial charge in [-0.3, -0.25) is 4.79 Å². The smallest absolute Gasteiger partial charge is 0.248 e. The predicted octanol–water partition coefficient (Wildman–Crippen LogP) is 6.76. The van der Waals surface area contributed by atoms with Gasteiger partial charge in [-0.25, -0.2) is 0 Å². The molecule has 0 radical (unpaired) electrons. The number of hydrogen-bond donors (Lipinski definition) is 1. The Balaban J connectivity index is 1.57. The second-order valence-electron chi connectivity index (χ2n) is 6.73. The minimum absolute atomic E-state index is 0.0920. The highest BCUT2D eigenvalue weighted by Gasteiger charge is 2.36. The van der Waals surface area contributed by atoms with Gasteiger partial charge in [0.1, 0.15) is 0 Å². The van der Waals surface area contributed by atoms with E-state index in [0.717, 1.165) is 32.2 Å². The van der Waals surface area contributed by atoms with E-state index in [-0.39, 0.29) is 5.91 Å². The van der Waals surface area contributed by atoms with E-state index >= 15 is 0 Å². The number of rotatable bonds is 5. The maximum atomic E-state index is 12.2. The Bertz CT molecular complexity index is 885. The Labute approximate surface area is 171 Å². The SMILES string of the molecule is CC(/C=C/C1CC1c1ccc(Br)c(Br)c1)=C\C(=O)Nc1ccccc1C. The fourth-order valence-corrected chi connectivity index (χ4v) is 3.61. The average Bonchev–Trinajstić information content (AvgIpc) is 3.37. The molecule has 0 bridgehead atoms. The van der Waals surface area contributed by atoms with Gasteiger partial charge in [-0.1, -0.05) is 36.4 Å². The summed E-state index contributed by atoms with van der Waals surface area (Å²) in [5, 5.41) is 2.93. The first-order valence-electron chi connectivity index (χ1n) is 8.62. The molecule has 2 aromatic carbocycles. The molecular weight excluding hydrogens is 454 g/mol. The van der Waals surface area contributed by atoms with Crippen molar-refractivity contribution >= 4 is 43.5 Å². The molecule has 4 heteroatoms. The van der Waals surface area contributed by atoms with Crippen LogP contribution in [0.1, 0.15) is 30.4 Å². The van der Waals surface area contributed by atoms with Crippen molar-refractivity contribution in [2.24, 2.45) is 5.92 Å². The minimum atomic E-state index is -0.0920. The third-order valence-corrected chi connectivity index (χ3v) is 6.46. The van der Waals surface area contributed by atoms with E-state index in [2.05, 4.69) is 67.5 Å². The van der Waals surface area contributed by atoms with Crippen LogP contribution in [0.2, 0.25) is 0 Å². The molecule has 1 saturated carbocycles. The molecule has 26 heavy (non-hydrogen) atoms. The highest BCUT2D eigenvalue weighted by molar-refractivity contribution is 9.13. The normalized spacial score (nSPS) is 19.6. The Morgan fingerprint density at radius 1 is 1.15 bits per heavy atom. The summed E-state index contributed by atoms with van der Waals surface area (Å²) >= 11 is 7.07. The summed E-state index contributed by atoms with van der Waals surface area (Å²) in [6.45, 7) is 3.95. The van der Waals surface area contributed by atoms with E-state index in [1.54, 1.807) is 6.08 Å². The number of carbonyl (C=O) groups is 1. The third-order valence-electron chi connectivity index (χ3n) is 4.58. The average molecular weight is 475 g/mol. The summed E-state index contributed by atoms with van der Waals surface area (Å²) in [6, 6.07) is 14.2. The van der Waals surface area contributed by atoms with E-state index in [1.165, 1.54) is 5.56 Å². The second-order valence-corrected chi connectivity index (χ2v) is 8.44. The molecule has 1 amide bonds. The van der Waals surface area contributed by atoms with Gasteiger partial charge in [0, 0.05) is 20.7 Å². The fraction of sp³-hybridized carbons (Fsp3) is 0.227. The lowest BCUT2D eigenvalue weighted by molar-refractivity contribution is -0.111. The van der Waals surface area contributed by atoms with Gasteiger partial charge in [0.2, 0.25) is 5.91 Å². The van der Waals surface area contributed by atoms with Crippen molar-refractivity contribution in [2.45, 2.75) is 26.2 Å². The van der Waals surface area contributed by atoms with Gasteiger partial charge in [0.05, 0.1) is 0 Å². The van der Waals surface area contributed by atoms with Gasteiger partial charge in [-0.15, -0.1) is 0 Å². The number of amides is 1. The van der Waals surface area contributed by atoms with Crippen molar-refractivity contribution in [3.63, 3.8) is 0 Å². The third kappa shape index (κ3) is 4.95. The molecule has 1 aliphatic rings. The molecule has 0 aromatic heterocycles. The summed E-state index contributed by atoms with van der Waals surface area (Å²) in [5.74, 6) is 1.03. The molecule has 134 valence electrons. The highest BCUT2D eigenvalue weighted by atomic mass is 79.9. The molecule has 1 fully saturated rings. The van der Waals surface area contributed by atoms with Crippen LogP contribution in [-0.2, 0) is 4.79 Å². The molecule has 2 atom stereocenters. The zero-order valence-corrected chi connectivity index (χ0v) is 18.0. The Morgan fingerprint density at radius 2 is 1.92 bits per heavy atom. The number of benzene rings is 2. The molecule has 0 heterocycles. The van der Waals surface area contributed by atoms with Gasteiger partial charge in [-0.2, -0.15) is 0 Å². The van der Waals surface area contributed by atoms with Gasteiger partial charge < -0.3 is 5.32 Å². The van der Waals surface area contributed by atoms with E-state index in [0.29, 0.717) is 11.8 Å². The topological polar surface area (TPSA) is 29.1 Å². The Kier molecular flexibility index (Phi) is 6.15. The van der Waals surface area contributed by atoms with Gasteiger partial charge in [0.15, 0.2) is 0 Å². The zero-order chi connectivity index (χ0) is 18.7. The molecule has 2 nitrogen and oxygen atoms in total. The number of para-hydroxylation sites is 1. The molecule has 2 aromatic rings. The largest absolute Gasteiger partial charge is 0.322 e. The molecule has 0 spiro atoms. The molecule has 0 aliphatic heterocycles. The number of carbonyl (C=O) groups excluding carboxylic acids is 1. The number of anilines is 1. The molecule has 2 unspecified atom stereocenters. The van der Waals surface area contributed by atoms with Gasteiger partial charge in [-0.05, 0) is 98.9 Å². The van der Waals surface area contributed by atoms with Crippen LogP contribution >= 0.6 is 31.9 Å². The number of hydrogen-bond acceptors (Lipinski definition) is 1. The molecular formula is C22H21Br2NO.